The highest BCUT2D eigenvalue weighted by molar-refractivity contribution is 5.47. The van der Waals surface area contributed by atoms with Crippen molar-refractivity contribution in [3.05, 3.63) is 17.7 Å². The number of anilines is 2. The van der Waals surface area contributed by atoms with Crippen LogP contribution in [0, 0.1) is 17.0 Å². The molecular formula is C13H20F2N4. The van der Waals surface area contributed by atoms with Crippen molar-refractivity contribution in [1.29, 1.82) is 0 Å². The number of halogens is 2. The summed E-state index contributed by atoms with van der Waals surface area (Å²) in [6.07, 6.45) is 4.32. The van der Waals surface area contributed by atoms with E-state index in [1.165, 1.54) is 6.42 Å². The van der Waals surface area contributed by atoms with Gasteiger partial charge in [0, 0.05) is 12.1 Å². The maximum Gasteiger partial charge on any atom is 0.178 e. The zero-order chi connectivity index (χ0) is 14.0. The Balaban J connectivity index is 2.23. The van der Waals surface area contributed by atoms with E-state index in [0.717, 1.165) is 25.3 Å². The van der Waals surface area contributed by atoms with Gasteiger partial charge in [0.2, 0.25) is 0 Å². The Labute approximate surface area is 111 Å². The predicted octanol–water partition coefficient (Wildman–Crippen LogP) is 3.03. The van der Waals surface area contributed by atoms with Crippen molar-refractivity contribution in [3.8, 4) is 0 Å². The molecule has 106 valence electrons. The van der Waals surface area contributed by atoms with Crippen molar-refractivity contribution >= 4 is 11.6 Å². The van der Waals surface area contributed by atoms with E-state index in [1.807, 2.05) is 0 Å². The van der Waals surface area contributed by atoms with E-state index in [1.54, 1.807) is 0 Å². The number of pyridine rings is 1. The van der Waals surface area contributed by atoms with Gasteiger partial charge < -0.3 is 10.7 Å². The molecule has 1 saturated carbocycles. The molecule has 0 saturated heterocycles. The van der Waals surface area contributed by atoms with Crippen molar-refractivity contribution in [2.75, 3.05) is 10.7 Å². The summed E-state index contributed by atoms with van der Waals surface area (Å²) in [5, 5.41) is 3.09. The molecule has 0 aromatic carbocycles. The molecule has 1 fully saturated rings. The zero-order valence-corrected chi connectivity index (χ0v) is 11.3. The lowest BCUT2D eigenvalue weighted by atomic mass is 9.73. The Bertz CT molecular complexity index is 462. The summed E-state index contributed by atoms with van der Waals surface area (Å²) in [6.45, 7) is 4.29. The van der Waals surface area contributed by atoms with Gasteiger partial charge in [0.05, 0.1) is 0 Å². The first-order chi connectivity index (χ1) is 8.94. The minimum absolute atomic E-state index is 0.0503. The molecule has 0 bridgehead atoms. The molecule has 1 aliphatic carbocycles. The highest BCUT2D eigenvalue weighted by Gasteiger charge is 2.33. The SMILES string of the molecule is CC1(C)CCCCC1Nc1nc(NN)c(F)cc1F. The Hall–Kier alpha value is -1.43. The van der Waals surface area contributed by atoms with Gasteiger partial charge in [-0.25, -0.2) is 19.6 Å². The number of hydrogen-bond acceptors (Lipinski definition) is 4. The van der Waals surface area contributed by atoms with Crippen LogP contribution in [0.2, 0.25) is 0 Å². The highest BCUT2D eigenvalue weighted by Crippen LogP contribution is 2.37. The van der Waals surface area contributed by atoms with Crippen LogP contribution in [0.1, 0.15) is 39.5 Å². The molecule has 1 aromatic heterocycles. The predicted molar refractivity (Wildman–Crippen MR) is 71.6 cm³/mol. The normalized spacial score (nSPS) is 22.1. The molecule has 1 aliphatic rings. The molecule has 4 N–H and O–H groups in total. The number of nitrogens with zero attached hydrogens (tertiary/aromatic N) is 1. The quantitative estimate of drug-likeness (QED) is 0.583. The van der Waals surface area contributed by atoms with E-state index >= 15 is 0 Å². The van der Waals surface area contributed by atoms with Crippen LogP contribution in [0.25, 0.3) is 0 Å². The maximum absolute atomic E-state index is 13.7. The molecule has 0 amide bonds. The van der Waals surface area contributed by atoms with Gasteiger partial charge in [-0.1, -0.05) is 26.7 Å². The van der Waals surface area contributed by atoms with E-state index in [9.17, 15) is 8.78 Å². The Kier molecular flexibility index (Phi) is 3.89. The minimum Gasteiger partial charge on any atom is -0.364 e. The number of hydrogen-bond donors (Lipinski definition) is 3. The Morgan fingerprint density at radius 2 is 1.95 bits per heavy atom. The van der Waals surface area contributed by atoms with E-state index < -0.39 is 11.6 Å². The van der Waals surface area contributed by atoms with Crippen LogP contribution in [-0.2, 0) is 0 Å². The molecule has 0 aliphatic heterocycles. The van der Waals surface area contributed by atoms with Crippen LogP contribution in [0.15, 0.2) is 6.07 Å². The fraction of sp³-hybridized carbons (Fsp3) is 0.615. The third-order valence-corrected chi connectivity index (χ3v) is 3.88. The lowest BCUT2D eigenvalue weighted by Crippen LogP contribution is -2.39. The third-order valence-electron chi connectivity index (χ3n) is 3.88. The summed E-state index contributed by atoms with van der Waals surface area (Å²) in [4.78, 5) is 3.85. The summed E-state index contributed by atoms with van der Waals surface area (Å²) >= 11 is 0. The monoisotopic (exact) mass is 270 g/mol. The second kappa shape index (κ2) is 5.28. The topological polar surface area (TPSA) is 63.0 Å². The van der Waals surface area contributed by atoms with Crippen LogP contribution in [0.5, 0.6) is 0 Å². The van der Waals surface area contributed by atoms with Crippen molar-refractivity contribution in [1.82, 2.24) is 4.98 Å². The molecule has 1 aromatic rings. The van der Waals surface area contributed by atoms with E-state index in [4.69, 9.17) is 5.84 Å². The van der Waals surface area contributed by atoms with Gasteiger partial charge in [0.15, 0.2) is 23.3 Å². The number of nitrogens with one attached hydrogen (secondary N) is 2. The van der Waals surface area contributed by atoms with E-state index in [0.29, 0.717) is 0 Å². The first kappa shape index (κ1) is 14.0. The van der Waals surface area contributed by atoms with Gasteiger partial charge in [0.1, 0.15) is 0 Å². The fourth-order valence-electron chi connectivity index (χ4n) is 2.60. The van der Waals surface area contributed by atoms with Crippen LogP contribution in [-0.4, -0.2) is 11.0 Å². The fourth-order valence-corrected chi connectivity index (χ4v) is 2.60. The largest absolute Gasteiger partial charge is 0.364 e. The molecule has 0 spiro atoms. The molecule has 4 nitrogen and oxygen atoms in total. The van der Waals surface area contributed by atoms with E-state index in [2.05, 4.69) is 29.6 Å². The van der Waals surface area contributed by atoms with Crippen molar-refractivity contribution in [3.63, 3.8) is 0 Å². The molecule has 6 heteroatoms. The third kappa shape index (κ3) is 2.94. The number of nitrogen functional groups attached to an aromatic ring is 1. The molecule has 0 radical (unpaired) electrons. The molecule has 1 heterocycles. The first-order valence-electron chi connectivity index (χ1n) is 6.53. The summed E-state index contributed by atoms with van der Waals surface area (Å²) in [5.41, 5.74) is 2.19. The van der Waals surface area contributed by atoms with Crippen molar-refractivity contribution in [2.45, 2.75) is 45.6 Å². The lowest BCUT2D eigenvalue weighted by Gasteiger charge is -2.39. The van der Waals surface area contributed by atoms with E-state index in [-0.39, 0.29) is 23.1 Å². The summed E-state index contributed by atoms with van der Waals surface area (Å²) in [7, 11) is 0. The lowest BCUT2D eigenvalue weighted by molar-refractivity contribution is 0.216. The average Bonchev–Trinajstić information content (AvgIpc) is 2.34. The minimum atomic E-state index is -0.798. The maximum atomic E-state index is 13.7. The molecule has 19 heavy (non-hydrogen) atoms. The number of aromatic nitrogens is 1. The van der Waals surface area contributed by atoms with Crippen molar-refractivity contribution in [2.24, 2.45) is 11.3 Å². The second-order valence-electron chi connectivity index (χ2n) is 5.72. The Morgan fingerprint density at radius 3 is 2.58 bits per heavy atom. The van der Waals surface area contributed by atoms with Crippen LogP contribution in [0.4, 0.5) is 20.4 Å². The Morgan fingerprint density at radius 1 is 1.26 bits per heavy atom. The second-order valence-corrected chi connectivity index (χ2v) is 5.72. The van der Waals surface area contributed by atoms with Gasteiger partial charge in [-0.05, 0) is 18.3 Å². The smallest absolute Gasteiger partial charge is 0.178 e. The van der Waals surface area contributed by atoms with Gasteiger partial charge in [-0.15, -0.1) is 0 Å². The van der Waals surface area contributed by atoms with Gasteiger partial charge in [-0.3, -0.25) is 0 Å². The van der Waals surface area contributed by atoms with Crippen LogP contribution in [0.3, 0.4) is 0 Å². The van der Waals surface area contributed by atoms with Crippen LogP contribution < -0.4 is 16.6 Å². The first-order valence-corrected chi connectivity index (χ1v) is 6.53. The molecule has 1 atom stereocenters. The highest BCUT2D eigenvalue weighted by atomic mass is 19.1. The van der Waals surface area contributed by atoms with Gasteiger partial charge >= 0.3 is 0 Å². The number of rotatable bonds is 3. The van der Waals surface area contributed by atoms with Gasteiger partial charge in [0.25, 0.3) is 0 Å². The van der Waals surface area contributed by atoms with Gasteiger partial charge in [-0.2, -0.15) is 0 Å². The molecule has 1 unspecified atom stereocenters. The molecule has 2 rings (SSSR count). The van der Waals surface area contributed by atoms with Crippen molar-refractivity contribution < 1.29 is 8.78 Å². The summed E-state index contributed by atoms with van der Waals surface area (Å²) in [5.74, 6) is 3.55. The average molecular weight is 270 g/mol. The molecular weight excluding hydrogens is 250 g/mol. The number of nitrogens with two attached hydrogens (primary N) is 1. The number of hydrazine groups is 1. The standard InChI is InChI=1S/C13H20F2N4/c1-13(2)6-4-3-5-10(13)17-11-8(14)7-9(15)12(18-11)19-16/h7,10H,3-6,16H2,1-2H3,(H2,17,18,19). The zero-order valence-electron chi connectivity index (χ0n) is 11.3. The van der Waals surface area contributed by atoms with Crippen LogP contribution >= 0.6 is 0 Å². The summed E-state index contributed by atoms with van der Waals surface area (Å²) in [6, 6.07) is 0.916. The summed E-state index contributed by atoms with van der Waals surface area (Å²) < 4.78 is 27.0.